The van der Waals surface area contributed by atoms with E-state index in [-0.39, 0.29) is 11.0 Å². The predicted molar refractivity (Wildman–Crippen MR) is 46.0 cm³/mol. The Balaban J connectivity index is 2.62. The van der Waals surface area contributed by atoms with Crippen molar-refractivity contribution in [3.05, 3.63) is 24.0 Å². The Morgan fingerprint density at radius 3 is 2.62 bits per heavy atom. The van der Waals surface area contributed by atoms with Crippen LogP contribution >= 0.6 is 0 Å². The largest absolute Gasteiger partial charge is 0.463 e. The van der Waals surface area contributed by atoms with Crippen LogP contribution in [0.15, 0.2) is 18.3 Å². The second-order valence-corrected chi connectivity index (χ2v) is 2.94. The summed E-state index contributed by atoms with van der Waals surface area (Å²) >= 11 is 0. The average Bonchev–Trinajstić information content (AvgIpc) is 2.58. The summed E-state index contributed by atoms with van der Waals surface area (Å²) in [6, 6.07) is 1.73. The fourth-order valence-corrected chi connectivity index (χ4v) is 1.23. The third-order valence-corrected chi connectivity index (χ3v) is 1.90. The molecule has 2 aromatic rings. The molecule has 84 valence electrons. The maximum Gasteiger partial charge on any atom is 0.433 e. The van der Waals surface area contributed by atoms with E-state index in [2.05, 4.69) is 10.1 Å². The van der Waals surface area contributed by atoms with Crippen molar-refractivity contribution in [2.45, 2.75) is 6.18 Å². The number of alkyl halides is 3. The minimum absolute atomic E-state index is 0.0144. The Labute approximate surface area is 86.1 Å². The monoisotopic (exact) mass is 231 g/mol. The van der Waals surface area contributed by atoms with Gasteiger partial charge in [0.2, 0.25) is 0 Å². The normalized spacial score (nSPS) is 11.9. The van der Waals surface area contributed by atoms with Crippen molar-refractivity contribution in [1.29, 1.82) is 0 Å². The molecule has 0 saturated carbocycles. The molecular weight excluding hydrogens is 227 g/mol. The molecule has 0 unspecified atom stereocenters. The molecule has 0 bridgehead atoms. The molecule has 5 nitrogen and oxygen atoms in total. The number of fused-ring (bicyclic) bond motifs is 1. The molecule has 0 atom stereocenters. The van der Waals surface area contributed by atoms with Crippen molar-refractivity contribution in [3.63, 3.8) is 0 Å². The zero-order valence-corrected chi connectivity index (χ0v) is 7.56. The van der Waals surface area contributed by atoms with Crippen LogP contribution in [0.3, 0.4) is 0 Å². The lowest BCUT2D eigenvalue weighted by molar-refractivity contribution is -0.140. The Morgan fingerprint density at radius 2 is 2.06 bits per heavy atom. The van der Waals surface area contributed by atoms with Crippen molar-refractivity contribution >= 4 is 17.1 Å². The maximum atomic E-state index is 12.3. The highest BCUT2D eigenvalue weighted by atomic mass is 19.4. The molecule has 0 radical (unpaired) electrons. The van der Waals surface area contributed by atoms with E-state index in [9.17, 15) is 18.0 Å². The van der Waals surface area contributed by atoms with Gasteiger partial charge in [-0.15, -0.1) is 0 Å². The van der Waals surface area contributed by atoms with Gasteiger partial charge in [-0.05, 0) is 12.1 Å². The number of carbonyl (C=O) groups is 1. The summed E-state index contributed by atoms with van der Waals surface area (Å²) < 4.78 is 37.4. The van der Waals surface area contributed by atoms with Gasteiger partial charge in [0.15, 0.2) is 0 Å². The molecule has 2 rings (SSSR count). The van der Waals surface area contributed by atoms with Crippen molar-refractivity contribution in [2.24, 2.45) is 0 Å². The van der Waals surface area contributed by atoms with Gasteiger partial charge >= 0.3 is 12.3 Å². The highest BCUT2D eigenvalue weighted by Gasteiger charge is 2.32. The summed E-state index contributed by atoms with van der Waals surface area (Å²) in [6.07, 6.45) is -4.96. The first kappa shape index (κ1) is 10.4. The number of hydrogen-bond donors (Lipinski definition) is 1. The Kier molecular flexibility index (Phi) is 2.07. The molecule has 2 aromatic heterocycles. The number of aromatic nitrogens is 3. The van der Waals surface area contributed by atoms with Crippen LogP contribution < -0.4 is 0 Å². The van der Waals surface area contributed by atoms with Gasteiger partial charge in [0.25, 0.3) is 0 Å². The number of nitrogens with zero attached hydrogens (tertiary/aromatic N) is 3. The molecule has 0 fully saturated rings. The van der Waals surface area contributed by atoms with Crippen molar-refractivity contribution < 1.29 is 23.1 Å². The zero-order valence-electron chi connectivity index (χ0n) is 7.56. The van der Waals surface area contributed by atoms with E-state index in [4.69, 9.17) is 5.11 Å². The van der Waals surface area contributed by atoms with Crippen molar-refractivity contribution in [2.75, 3.05) is 0 Å². The van der Waals surface area contributed by atoms with Crippen LogP contribution in [-0.2, 0) is 6.18 Å². The summed E-state index contributed by atoms with van der Waals surface area (Å²) in [6.45, 7) is 0. The molecule has 0 aliphatic rings. The zero-order chi connectivity index (χ0) is 11.9. The third-order valence-electron chi connectivity index (χ3n) is 1.90. The van der Waals surface area contributed by atoms with Gasteiger partial charge in [0, 0.05) is 0 Å². The highest BCUT2D eigenvalue weighted by Crippen LogP contribution is 2.28. The number of halogens is 3. The Bertz CT molecular complexity index is 561. The lowest BCUT2D eigenvalue weighted by Gasteiger charge is -2.04. The fraction of sp³-hybridized carbons (Fsp3) is 0.125. The van der Waals surface area contributed by atoms with E-state index in [1.807, 2.05) is 0 Å². The third kappa shape index (κ3) is 1.58. The quantitative estimate of drug-likeness (QED) is 0.752. The maximum absolute atomic E-state index is 12.3. The van der Waals surface area contributed by atoms with Crippen molar-refractivity contribution in [1.82, 2.24) is 14.8 Å². The molecule has 16 heavy (non-hydrogen) atoms. The van der Waals surface area contributed by atoms with Gasteiger partial charge in [-0.25, -0.2) is 9.78 Å². The summed E-state index contributed by atoms with van der Waals surface area (Å²) in [5.41, 5.74) is -1.18. The molecule has 8 heteroatoms. The predicted octanol–water partition coefficient (Wildman–Crippen LogP) is 1.98. The second-order valence-electron chi connectivity index (χ2n) is 2.94. The lowest BCUT2D eigenvalue weighted by atomic mass is 10.3. The van der Waals surface area contributed by atoms with Crippen LogP contribution in [0.5, 0.6) is 0 Å². The standard InChI is InChI=1S/C8H4F3N3O2/c9-8(10,11)6-2-1-5-4(13-6)3-12-14(5)7(15)16/h1-3H,(H,15,16). The van der Waals surface area contributed by atoms with E-state index < -0.39 is 18.0 Å². The Morgan fingerprint density at radius 1 is 1.38 bits per heavy atom. The minimum atomic E-state index is -4.56. The second kappa shape index (κ2) is 3.19. The smallest absolute Gasteiger partial charge is 0.433 e. The summed E-state index contributed by atoms with van der Waals surface area (Å²) in [4.78, 5) is 13.9. The van der Waals surface area contributed by atoms with E-state index in [0.29, 0.717) is 10.7 Å². The molecule has 0 aliphatic heterocycles. The van der Waals surface area contributed by atoms with Gasteiger partial charge in [-0.2, -0.15) is 23.0 Å². The molecule has 1 N–H and O–H groups in total. The molecule has 0 amide bonds. The summed E-state index contributed by atoms with van der Waals surface area (Å²) in [5, 5.41) is 12.1. The molecular formula is C8H4F3N3O2. The van der Waals surface area contributed by atoms with E-state index in [1.54, 1.807) is 0 Å². The molecule has 0 aliphatic carbocycles. The topological polar surface area (TPSA) is 68.0 Å². The molecule has 0 spiro atoms. The van der Waals surface area contributed by atoms with E-state index >= 15 is 0 Å². The van der Waals surface area contributed by atoms with E-state index in [1.165, 1.54) is 0 Å². The number of rotatable bonds is 0. The highest BCUT2D eigenvalue weighted by molar-refractivity contribution is 5.84. The molecule has 2 heterocycles. The molecule has 0 saturated heterocycles. The number of hydrogen-bond acceptors (Lipinski definition) is 3. The first-order valence-electron chi connectivity index (χ1n) is 4.05. The number of carboxylic acid groups (broad SMARTS) is 1. The fourth-order valence-electron chi connectivity index (χ4n) is 1.23. The van der Waals surface area contributed by atoms with Crippen LogP contribution in [0, 0.1) is 0 Å². The molecule has 0 aromatic carbocycles. The van der Waals surface area contributed by atoms with Crippen molar-refractivity contribution in [3.8, 4) is 0 Å². The first-order valence-corrected chi connectivity index (χ1v) is 4.05. The summed E-state index contributed by atoms with van der Waals surface area (Å²) in [5.74, 6) is 0. The van der Waals surface area contributed by atoms with Gasteiger partial charge in [0.1, 0.15) is 11.2 Å². The SMILES string of the molecule is O=C(O)n1ncc2nc(C(F)(F)F)ccc21. The van der Waals surface area contributed by atoms with Gasteiger partial charge in [0.05, 0.1) is 11.7 Å². The van der Waals surface area contributed by atoms with Crippen LogP contribution in [-0.4, -0.2) is 26.0 Å². The van der Waals surface area contributed by atoms with Crippen LogP contribution in [0.1, 0.15) is 5.69 Å². The minimum Gasteiger partial charge on any atom is -0.463 e. The van der Waals surface area contributed by atoms with Gasteiger partial charge in [-0.1, -0.05) is 0 Å². The van der Waals surface area contributed by atoms with E-state index in [0.717, 1.165) is 12.3 Å². The lowest BCUT2D eigenvalue weighted by Crippen LogP contribution is -2.10. The Hall–Kier alpha value is -2.12. The average molecular weight is 231 g/mol. The van der Waals surface area contributed by atoms with Crippen LogP contribution in [0.4, 0.5) is 18.0 Å². The van der Waals surface area contributed by atoms with Crippen LogP contribution in [0.2, 0.25) is 0 Å². The van der Waals surface area contributed by atoms with Crippen LogP contribution in [0.25, 0.3) is 11.0 Å². The number of pyridine rings is 1. The van der Waals surface area contributed by atoms with Gasteiger partial charge in [-0.3, -0.25) is 0 Å². The first-order chi connectivity index (χ1) is 7.39. The summed E-state index contributed by atoms with van der Waals surface area (Å²) in [7, 11) is 0. The van der Waals surface area contributed by atoms with Gasteiger partial charge < -0.3 is 5.11 Å².